The first kappa shape index (κ1) is 14.3. The van der Waals surface area contributed by atoms with Crippen molar-refractivity contribution in [3.05, 3.63) is 34.9 Å². The summed E-state index contributed by atoms with van der Waals surface area (Å²) in [5.41, 5.74) is 0.600. The van der Waals surface area contributed by atoms with Crippen LogP contribution in [-0.2, 0) is 0 Å². The molecule has 17 heavy (non-hydrogen) atoms. The van der Waals surface area contributed by atoms with Gasteiger partial charge in [0.25, 0.3) is 5.91 Å². The Morgan fingerprint density at radius 2 is 1.88 bits per heavy atom. The summed E-state index contributed by atoms with van der Waals surface area (Å²) >= 11 is 11.8. The minimum atomic E-state index is -0.115. The number of alkyl halides is 1. The fraction of sp³-hybridized carbons (Fsp3) is 0.462. The molecule has 0 spiro atoms. The van der Waals surface area contributed by atoms with E-state index in [9.17, 15) is 4.79 Å². The van der Waals surface area contributed by atoms with Gasteiger partial charge in [-0.05, 0) is 36.6 Å². The van der Waals surface area contributed by atoms with E-state index in [1.54, 1.807) is 24.3 Å². The van der Waals surface area contributed by atoms with Crippen LogP contribution < -0.4 is 5.32 Å². The Kier molecular flexibility index (Phi) is 5.79. The molecular weight excluding hydrogens is 257 g/mol. The van der Waals surface area contributed by atoms with Crippen molar-refractivity contribution >= 4 is 29.1 Å². The molecule has 1 atom stereocenters. The fourth-order valence-corrected chi connectivity index (χ4v) is 2.06. The second-order valence-electron chi connectivity index (χ2n) is 4.44. The van der Waals surface area contributed by atoms with E-state index in [1.807, 2.05) is 0 Å². The first-order valence-electron chi connectivity index (χ1n) is 5.67. The summed E-state index contributed by atoms with van der Waals surface area (Å²) in [5, 5.41) is 3.41. The molecule has 1 aromatic carbocycles. The standard InChI is InChI=1S/C13H17Cl2NO/c1-9(2)7-12(15)8-16-13(17)10-3-5-11(14)6-4-10/h3-6,9,12H,7-8H2,1-2H3,(H,16,17). The summed E-state index contributed by atoms with van der Waals surface area (Å²) in [7, 11) is 0. The van der Waals surface area contributed by atoms with Crippen LogP contribution in [0.4, 0.5) is 0 Å². The van der Waals surface area contributed by atoms with Gasteiger partial charge in [-0.15, -0.1) is 11.6 Å². The molecule has 1 N–H and O–H groups in total. The summed E-state index contributed by atoms with van der Waals surface area (Å²) in [4.78, 5) is 11.7. The zero-order chi connectivity index (χ0) is 12.8. The van der Waals surface area contributed by atoms with E-state index in [4.69, 9.17) is 23.2 Å². The first-order chi connectivity index (χ1) is 7.99. The minimum absolute atomic E-state index is 0.0220. The van der Waals surface area contributed by atoms with Crippen LogP contribution in [0.25, 0.3) is 0 Å². The molecule has 1 amide bonds. The van der Waals surface area contributed by atoms with Gasteiger partial charge in [0.05, 0.1) is 5.38 Å². The Balaban J connectivity index is 2.42. The van der Waals surface area contributed by atoms with Gasteiger partial charge in [-0.25, -0.2) is 0 Å². The van der Waals surface area contributed by atoms with Crippen molar-refractivity contribution in [2.75, 3.05) is 6.54 Å². The van der Waals surface area contributed by atoms with Crippen LogP contribution in [0.2, 0.25) is 5.02 Å². The highest BCUT2D eigenvalue weighted by Gasteiger charge is 2.10. The predicted octanol–water partition coefficient (Wildman–Crippen LogP) is 3.72. The van der Waals surface area contributed by atoms with Crippen molar-refractivity contribution in [3.63, 3.8) is 0 Å². The lowest BCUT2D eigenvalue weighted by Gasteiger charge is -2.12. The van der Waals surface area contributed by atoms with Crippen LogP contribution in [0.15, 0.2) is 24.3 Å². The number of amides is 1. The Bertz CT molecular complexity index is 362. The van der Waals surface area contributed by atoms with Crippen molar-refractivity contribution in [3.8, 4) is 0 Å². The lowest BCUT2D eigenvalue weighted by molar-refractivity contribution is 0.0953. The molecule has 0 aliphatic rings. The van der Waals surface area contributed by atoms with Crippen LogP contribution >= 0.6 is 23.2 Å². The first-order valence-corrected chi connectivity index (χ1v) is 6.48. The highest BCUT2D eigenvalue weighted by Crippen LogP contribution is 2.11. The number of nitrogens with one attached hydrogen (secondary N) is 1. The topological polar surface area (TPSA) is 29.1 Å². The average Bonchev–Trinajstić information content (AvgIpc) is 2.26. The summed E-state index contributed by atoms with van der Waals surface area (Å²) in [6, 6.07) is 6.79. The largest absolute Gasteiger partial charge is 0.351 e. The minimum Gasteiger partial charge on any atom is -0.351 e. The molecule has 0 aromatic heterocycles. The van der Waals surface area contributed by atoms with E-state index in [2.05, 4.69) is 19.2 Å². The second-order valence-corrected chi connectivity index (χ2v) is 5.50. The second kappa shape index (κ2) is 6.87. The van der Waals surface area contributed by atoms with Gasteiger partial charge in [0, 0.05) is 17.1 Å². The SMILES string of the molecule is CC(C)CC(Cl)CNC(=O)c1ccc(Cl)cc1. The van der Waals surface area contributed by atoms with Crippen LogP contribution in [0.5, 0.6) is 0 Å². The molecule has 0 saturated heterocycles. The van der Waals surface area contributed by atoms with E-state index in [0.29, 0.717) is 23.0 Å². The van der Waals surface area contributed by atoms with E-state index in [-0.39, 0.29) is 11.3 Å². The third kappa shape index (κ3) is 5.42. The Morgan fingerprint density at radius 1 is 1.29 bits per heavy atom. The highest BCUT2D eigenvalue weighted by molar-refractivity contribution is 6.30. The van der Waals surface area contributed by atoms with Gasteiger partial charge >= 0.3 is 0 Å². The van der Waals surface area contributed by atoms with Gasteiger partial charge in [-0.3, -0.25) is 4.79 Å². The Hall–Kier alpha value is -0.730. The predicted molar refractivity (Wildman–Crippen MR) is 72.9 cm³/mol. The van der Waals surface area contributed by atoms with Gasteiger partial charge < -0.3 is 5.32 Å². The molecule has 1 aromatic rings. The Labute approximate surface area is 112 Å². The third-order valence-electron chi connectivity index (χ3n) is 2.32. The van der Waals surface area contributed by atoms with Crippen molar-refractivity contribution in [2.45, 2.75) is 25.6 Å². The Morgan fingerprint density at radius 3 is 2.41 bits per heavy atom. The van der Waals surface area contributed by atoms with Gasteiger partial charge in [0.1, 0.15) is 0 Å². The van der Waals surface area contributed by atoms with Crippen LogP contribution in [0, 0.1) is 5.92 Å². The van der Waals surface area contributed by atoms with Crippen molar-refractivity contribution in [1.29, 1.82) is 0 Å². The zero-order valence-corrected chi connectivity index (χ0v) is 11.6. The van der Waals surface area contributed by atoms with Crippen molar-refractivity contribution < 1.29 is 4.79 Å². The molecule has 0 heterocycles. The average molecular weight is 274 g/mol. The highest BCUT2D eigenvalue weighted by atomic mass is 35.5. The van der Waals surface area contributed by atoms with E-state index in [1.165, 1.54) is 0 Å². The molecule has 94 valence electrons. The number of halogens is 2. The molecular formula is C13H17Cl2NO. The molecule has 1 unspecified atom stereocenters. The summed E-state index contributed by atoms with van der Waals surface area (Å²) in [6.07, 6.45) is 0.891. The maximum Gasteiger partial charge on any atom is 0.251 e. The number of carbonyl (C=O) groups is 1. The van der Waals surface area contributed by atoms with E-state index < -0.39 is 0 Å². The van der Waals surface area contributed by atoms with Gasteiger partial charge in [-0.2, -0.15) is 0 Å². The molecule has 2 nitrogen and oxygen atoms in total. The number of rotatable bonds is 5. The maximum absolute atomic E-state index is 11.7. The molecule has 0 bridgehead atoms. The summed E-state index contributed by atoms with van der Waals surface area (Å²) in [5.74, 6) is 0.418. The molecule has 4 heteroatoms. The van der Waals surface area contributed by atoms with Crippen molar-refractivity contribution in [2.24, 2.45) is 5.92 Å². The fourth-order valence-electron chi connectivity index (χ4n) is 1.50. The normalized spacial score (nSPS) is 12.5. The van der Waals surface area contributed by atoms with Crippen LogP contribution in [-0.4, -0.2) is 17.8 Å². The monoisotopic (exact) mass is 273 g/mol. The summed E-state index contributed by atoms with van der Waals surface area (Å²) in [6.45, 7) is 4.70. The smallest absolute Gasteiger partial charge is 0.251 e. The molecule has 0 aliphatic carbocycles. The van der Waals surface area contributed by atoms with E-state index in [0.717, 1.165) is 6.42 Å². The summed E-state index contributed by atoms with van der Waals surface area (Å²) < 4.78 is 0. The maximum atomic E-state index is 11.7. The van der Waals surface area contributed by atoms with Crippen LogP contribution in [0.1, 0.15) is 30.6 Å². The van der Waals surface area contributed by atoms with Gasteiger partial charge in [-0.1, -0.05) is 25.4 Å². The van der Waals surface area contributed by atoms with E-state index >= 15 is 0 Å². The number of benzene rings is 1. The van der Waals surface area contributed by atoms with Crippen molar-refractivity contribution in [1.82, 2.24) is 5.32 Å². The van der Waals surface area contributed by atoms with Crippen LogP contribution in [0.3, 0.4) is 0 Å². The third-order valence-corrected chi connectivity index (χ3v) is 2.90. The zero-order valence-electron chi connectivity index (χ0n) is 10.0. The number of hydrogen-bond donors (Lipinski definition) is 1. The lowest BCUT2D eigenvalue weighted by atomic mass is 10.1. The molecule has 1 rings (SSSR count). The molecule has 0 radical (unpaired) electrons. The van der Waals surface area contributed by atoms with Gasteiger partial charge in [0.2, 0.25) is 0 Å². The quantitative estimate of drug-likeness (QED) is 0.814. The number of hydrogen-bond acceptors (Lipinski definition) is 1. The lowest BCUT2D eigenvalue weighted by Crippen LogP contribution is -2.30. The molecule has 0 aliphatic heterocycles. The molecule has 0 fully saturated rings. The van der Waals surface area contributed by atoms with Gasteiger partial charge in [0.15, 0.2) is 0 Å². The molecule has 0 saturated carbocycles. The number of carbonyl (C=O) groups excluding carboxylic acids is 1.